The molecule has 1 aromatic carbocycles. The van der Waals surface area contributed by atoms with Gasteiger partial charge in [-0.1, -0.05) is 12.1 Å². The molecule has 1 saturated heterocycles. The molecule has 1 amide bonds. The Morgan fingerprint density at radius 3 is 2.85 bits per heavy atom. The van der Waals surface area contributed by atoms with Gasteiger partial charge >= 0.3 is 0 Å². The van der Waals surface area contributed by atoms with Gasteiger partial charge < -0.3 is 14.1 Å². The monoisotopic (exact) mass is 367 g/mol. The zero-order chi connectivity index (χ0) is 18.8. The minimum Gasteiger partial charge on any atom is -0.493 e. The average Bonchev–Trinajstić information content (AvgIpc) is 3.14. The van der Waals surface area contributed by atoms with Crippen LogP contribution in [0.25, 0.3) is 11.0 Å². The predicted molar refractivity (Wildman–Crippen MR) is 99.9 cm³/mol. The number of amides is 1. The minimum absolute atomic E-state index is 0.0419. The third kappa shape index (κ3) is 3.45. The number of hydrogen-bond acceptors (Lipinski definition) is 5. The van der Waals surface area contributed by atoms with Gasteiger partial charge in [0.1, 0.15) is 0 Å². The van der Waals surface area contributed by atoms with E-state index >= 15 is 0 Å². The summed E-state index contributed by atoms with van der Waals surface area (Å²) < 4.78 is 12.7. The normalized spacial score (nSPS) is 15.2. The topological polar surface area (TPSA) is 77.6 Å². The SMILES string of the molecule is COc1cccc2cc(C(=O)N3CCC(Cn4cnccc4=O)CC3)oc12. The van der Waals surface area contributed by atoms with Gasteiger partial charge in [0.25, 0.3) is 11.5 Å². The highest BCUT2D eigenvalue weighted by molar-refractivity contribution is 5.97. The van der Waals surface area contributed by atoms with Crippen molar-refractivity contribution >= 4 is 16.9 Å². The molecular formula is C20H21N3O4. The Labute approximate surface area is 156 Å². The smallest absolute Gasteiger partial charge is 0.289 e. The average molecular weight is 367 g/mol. The fourth-order valence-corrected chi connectivity index (χ4v) is 3.57. The van der Waals surface area contributed by atoms with Crippen LogP contribution in [-0.4, -0.2) is 40.6 Å². The number of carbonyl (C=O) groups excluding carboxylic acids is 1. The van der Waals surface area contributed by atoms with Crippen molar-refractivity contribution in [1.29, 1.82) is 0 Å². The number of rotatable bonds is 4. The van der Waals surface area contributed by atoms with E-state index in [0.717, 1.165) is 18.2 Å². The van der Waals surface area contributed by atoms with E-state index in [-0.39, 0.29) is 11.5 Å². The van der Waals surface area contributed by atoms with Gasteiger partial charge in [-0.05, 0) is 30.9 Å². The number of carbonyl (C=O) groups is 1. The van der Waals surface area contributed by atoms with Crippen molar-refractivity contribution in [3.8, 4) is 5.75 Å². The van der Waals surface area contributed by atoms with Gasteiger partial charge in [0.15, 0.2) is 17.1 Å². The van der Waals surface area contributed by atoms with Crippen LogP contribution >= 0.6 is 0 Å². The summed E-state index contributed by atoms with van der Waals surface area (Å²) in [6.07, 6.45) is 4.76. The van der Waals surface area contributed by atoms with Crippen LogP contribution in [0.5, 0.6) is 5.75 Å². The quantitative estimate of drug-likeness (QED) is 0.708. The first-order valence-corrected chi connectivity index (χ1v) is 9.02. The molecule has 2 aromatic heterocycles. The highest BCUT2D eigenvalue weighted by Crippen LogP contribution is 2.29. The number of aromatic nitrogens is 2. The Balaban J connectivity index is 1.43. The molecule has 1 aliphatic heterocycles. The molecule has 0 radical (unpaired) electrons. The second kappa shape index (κ2) is 7.26. The maximum Gasteiger partial charge on any atom is 0.289 e. The highest BCUT2D eigenvalue weighted by Gasteiger charge is 2.26. The summed E-state index contributed by atoms with van der Waals surface area (Å²) in [6, 6.07) is 8.81. The number of methoxy groups -OCH3 is 1. The van der Waals surface area contributed by atoms with Gasteiger partial charge in [-0.15, -0.1) is 0 Å². The van der Waals surface area contributed by atoms with Crippen LogP contribution < -0.4 is 10.3 Å². The third-order valence-corrected chi connectivity index (χ3v) is 5.09. The largest absolute Gasteiger partial charge is 0.493 e. The molecule has 0 aliphatic carbocycles. The molecule has 4 rings (SSSR count). The number of piperidine rings is 1. The van der Waals surface area contributed by atoms with Gasteiger partial charge in [-0.25, -0.2) is 4.98 Å². The molecule has 7 nitrogen and oxygen atoms in total. The summed E-state index contributed by atoms with van der Waals surface area (Å²) in [6.45, 7) is 1.93. The fourth-order valence-electron chi connectivity index (χ4n) is 3.57. The van der Waals surface area contributed by atoms with Crippen LogP contribution in [0, 0.1) is 5.92 Å². The van der Waals surface area contributed by atoms with Crippen molar-refractivity contribution in [2.24, 2.45) is 5.92 Å². The summed E-state index contributed by atoms with van der Waals surface area (Å²) in [7, 11) is 1.58. The second-order valence-electron chi connectivity index (χ2n) is 6.80. The Morgan fingerprint density at radius 1 is 1.30 bits per heavy atom. The number of likely N-dealkylation sites (tertiary alicyclic amines) is 1. The maximum atomic E-state index is 12.8. The van der Waals surface area contributed by atoms with Crippen molar-refractivity contribution in [2.75, 3.05) is 20.2 Å². The summed E-state index contributed by atoms with van der Waals surface area (Å²) in [5.74, 6) is 1.19. The number of para-hydroxylation sites is 1. The molecule has 0 bridgehead atoms. The predicted octanol–water partition coefficient (Wildman–Crippen LogP) is 2.55. The van der Waals surface area contributed by atoms with Crippen molar-refractivity contribution in [1.82, 2.24) is 14.5 Å². The third-order valence-electron chi connectivity index (χ3n) is 5.09. The van der Waals surface area contributed by atoms with E-state index in [1.165, 1.54) is 12.3 Å². The zero-order valence-electron chi connectivity index (χ0n) is 15.1. The molecule has 27 heavy (non-hydrogen) atoms. The van der Waals surface area contributed by atoms with Gasteiger partial charge in [0, 0.05) is 37.3 Å². The van der Waals surface area contributed by atoms with Crippen LogP contribution in [0.3, 0.4) is 0 Å². The summed E-state index contributed by atoms with van der Waals surface area (Å²) >= 11 is 0. The first kappa shape index (κ1) is 17.3. The van der Waals surface area contributed by atoms with Crippen LogP contribution in [0.4, 0.5) is 0 Å². The lowest BCUT2D eigenvalue weighted by molar-refractivity contribution is 0.0652. The van der Waals surface area contributed by atoms with Crippen LogP contribution in [0.1, 0.15) is 23.4 Å². The summed E-state index contributed by atoms with van der Waals surface area (Å²) in [5, 5.41) is 0.850. The number of nitrogens with zero attached hydrogens (tertiary/aromatic N) is 3. The van der Waals surface area contributed by atoms with Crippen molar-refractivity contribution < 1.29 is 13.9 Å². The van der Waals surface area contributed by atoms with Gasteiger partial charge in [-0.3, -0.25) is 14.2 Å². The fraction of sp³-hybridized carbons (Fsp3) is 0.350. The number of furan rings is 1. The molecule has 1 fully saturated rings. The van der Waals surface area contributed by atoms with Gasteiger partial charge in [-0.2, -0.15) is 0 Å². The van der Waals surface area contributed by atoms with E-state index in [9.17, 15) is 9.59 Å². The lowest BCUT2D eigenvalue weighted by Gasteiger charge is -2.31. The molecule has 1 aliphatic rings. The molecule has 0 unspecified atom stereocenters. The Kier molecular flexibility index (Phi) is 4.66. The number of fused-ring (bicyclic) bond motifs is 1. The number of hydrogen-bond donors (Lipinski definition) is 0. The van der Waals surface area contributed by atoms with Crippen LogP contribution in [-0.2, 0) is 6.54 Å². The first-order chi connectivity index (χ1) is 13.2. The molecule has 0 spiro atoms. The molecule has 3 aromatic rings. The van der Waals surface area contributed by atoms with Crippen molar-refractivity contribution in [3.05, 3.63) is 59.0 Å². The summed E-state index contributed by atoms with van der Waals surface area (Å²) in [5.41, 5.74) is 0.550. The molecule has 0 atom stereocenters. The Morgan fingerprint density at radius 2 is 2.11 bits per heavy atom. The Bertz CT molecular complexity index is 1020. The lowest BCUT2D eigenvalue weighted by atomic mass is 9.96. The van der Waals surface area contributed by atoms with E-state index in [4.69, 9.17) is 9.15 Å². The van der Waals surface area contributed by atoms with Gasteiger partial charge in [0.2, 0.25) is 0 Å². The zero-order valence-corrected chi connectivity index (χ0v) is 15.1. The van der Waals surface area contributed by atoms with E-state index in [0.29, 0.717) is 42.6 Å². The van der Waals surface area contributed by atoms with Crippen molar-refractivity contribution in [2.45, 2.75) is 19.4 Å². The van der Waals surface area contributed by atoms with E-state index < -0.39 is 0 Å². The lowest BCUT2D eigenvalue weighted by Crippen LogP contribution is -2.39. The molecule has 0 N–H and O–H groups in total. The Hall–Kier alpha value is -3.09. The van der Waals surface area contributed by atoms with Crippen LogP contribution in [0.15, 0.2) is 52.1 Å². The molecular weight excluding hydrogens is 346 g/mol. The maximum absolute atomic E-state index is 12.8. The van der Waals surface area contributed by atoms with E-state index in [1.807, 2.05) is 23.1 Å². The summed E-state index contributed by atoms with van der Waals surface area (Å²) in [4.78, 5) is 30.5. The standard InChI is InChI=1S/C20H21N3O4/c1-26-16-4-2-3-15-11-17(27-19(15)16)20(25)22-9-6-14(7-10-22)12-23-13-21-8-5-18(23)24/h2-5,8,11,13-14H,6-7,9-10,12H2,1H3. The van der Waals surface area contributed by atoms with E-state index in [2.05, 4.69) is 4.98 Å². The molecule has 140 valence electrons. The second-order valence-corrected chi connectivity index (χ2v) is 6.80. The molecule has 3 heterocycles. The first-order valence-electron chi connectivity index (χ1n) is 9.02. The van der Waals surface area contributed by atoms with E-state index in [1.54, 1.807) is 24.1 Å². The molecule has 7 heteroatoms. The number of ether oxygens (including phenoxy) is 1. The highest BCUT2D eigenvalue weighted by atomic mass is 16.5. The minimum atomic E-state index is -0.106. The number of benzene rings is 1. The van der Waals surface area contributed by atoms with Crippen LogP contribution in [0.2, 0.25) is 0 Å². The van der Waals surface area contributed by atoms with Gasteiger partial charge in [0.05, 0.1) is 13.4 Å². The van der Waals surface area contributed by atoms with Crippen molar-refractivity contribution in [3.63, 3.8) is 0 Å². The molecule has 0 saturated carbocycles.